The normalized spacial score (nSPS) is 13.9. The smallest absolute Gasteiger partial charge is 0.338 e. The minimum absolute atomic E-state index is 0.0493. The van der Waals surface area contributed by atoms with Crippen molar-refractivity contribution in [1.29, 1.82) is 0 Å². The standard InChI is InChI=1S/C23H24ClN5O4/c1-13-10-17(14(2)26-21(13)32-3)27-20-22(30)29(11-19(24)28-20)18(15-4-5-15)12-33-23(31)16-6-8-25-9-7-16/h6-11,15,18H,4-5,12H2,1-3H3,(H,27,28)/t18-/m1/s1. The predicted octanol–water partition coefficient (Wildman–Crippen LogP) is 3.86. The number of hydrogen-bond donors (Lipinski definition) is 1. The molecule has 3 aromatic rings. The SMILES string of the molecule is COc1nc(C)c(Nc2nc(Cl)cn([C@H](COC(=O)c3ccncc3)C3CC3)c2=O)cc1C. The second-order valence-corrected chi connectivity index (χ2v) is 8.32. The fourth-order valence-corrected chi connectivity index (χ4v) is 3.80. The predicted molar refractivity (Wildman–Crippen MR) is 123 cm³/mol. The topological polar surface area (TPSA) is 108 Å². The van der Waals surface area contributed by atoms with Gasteiger partial charge in [-0.25, -0.2) is 14.8 Å². The lowest BCUT2D eigenvalue weighted by Crippen LogP contribution is -2.31. The summed E-state index contributed by atoms with van der Waals surface area (Å²) in [4.78, 5) is 38.2. The zero-order chi connectivity index (χ0) is 23.5. The highest BCUT2D eigenvalue weighted by atomic mass is 35.5. The van der Waals surface area contributed by atoms with Gasteiger partial charge in [0.1, 0.15) is 11.8 Å². The van der Waals surface area contributed by atoms with Gasteiger partial charge < -0.3 is 19.4 Å². The van der Waals surface area contributed by atoms with Crippen molar-refractivity contribution in [3.63, 3.8) is 0 Å². The number of ether oxygens (including phenoxy) is 2. The fraction of sp³-hybridized carbons (Fsp3) is 0.348. The minimum atomic E-state index is -0.468. The third kappa shape index (κ3) is 5.14. The van der Waals surface area contributed by atoms with Gasteiger partial charge in [-0.2, -0.15) is 0 Å². The summed E-state index contributed by atoms with van der Waals surface area (Å²) in [6.45, 7) is 3.72. The number of esters is 1. The third-order valence-electron chi connectivity index (χ3n) is 5.53. The fourth-order valence-electron chi connectivity index (χ4n) is 3.61. The number of halogens is 1. The summed E-state index contributed by atoms with van der Waals surface area (Å²) in [5.74, 6) is 0.332. The first-order valence-electron chi connectivity index (χ1n) is 10.5. The van der Waals surface area contributed by atoms with Crippen LogP contribution in [-0.2, 0) is 4.74 Å². The molecule has 1 N–H and O–H groups in total. The Balaban J connectivity index is 1.60. The summed E-state index contributed by atoms with van der Waals surface area (Å²) < 4.78 is 12.3. The molecule has 172 valence electrons. The second kappa shape index (κ2) is 9.58. The molecule has 0 unspecified atom stereocenters. The highest BCUT2D eigenvalue weighted by Gasteiger charge is 2.35. The van der Waals surface area contributed by atoms with E-state index >= 15 is 0 Å². The van der Waals surface area contributed by atoms with E-state index in [9.17, 15) is 9.59 Å². The number of carbonyl (C=O) groups is 1. The Morgan fingerprint density at radius 2 is 2.00 bits per heavy atom. The van der Waals surface area contributed by atoms with Crippen LogP contribution in [-0.4, -0.2) is 39.2 Å². The Hall–Kier alpha value is -3.46. The number of nitrogens with zero attached hydrogens (tertiary/aromatic N) is 4. The van der Waals surface area contributed by atoms with Gasteiger partial charge in [0.25, 0.3) is 5.56 Å². The first-order valence-corrected chi connectivity index (χ1v) is 10.9. The first kappa shape index (κ1) is 22.7. The van der Waals surface area contributed by atoms with Gasteiger partial charge in [0.05, 0.1) is 30.1 Å². The van der Waals surface area contributed by atoms with E-state index in [4.69, 9.17) is 21.1 Å². The van der Waals surface area contributed by atoms with Gasteiger partial charge in [-0.1, -0.05) is 11.6 Å². The lowest BCUT2D eigenvalue weighted by atomic mass is 10.2. The molecule has 1 atom stereocenters. The molecule has 0 spiro atoms. The van der Waals surface area contributed by atoms with Gasteiger partial charge in [0, 0.05) is 24.2 Å². The molecule has 33 heavy (non-hydrogen) atoms. The van der Waals surface area contributed by atoms with E-state index in [0.717, 1.165) is 18.4 Å². The minimum Gasteiger partial charge on any atom is -0.481 e. The molecule has 9 nitrogen and oxygen atoms in total. The van der Waals surface area contributed by atoms with E-state index in [1.165, 1.54) is 23.2 Å². The maximum absolute atomic E-state index is 13.3. The van der Waals surface area contributed by atoms with Crippen molar-refractivity contribution in [3.8, 4) is 5.88 Å². The monoisotopic (exact) mass is 469 g/mol. The number of nitrogens with one attached hydrogen (secondary N) is 1. The molecule has 10 heteroatoms. The zero-order valence-electron chi connectivity index (χ0n) is 18.5. The third-order valence-corrected chi connectivity index (χ3v) is 5.71. The molecule has 0 bridgehead atoms. The lowest BCUT2D eigenvalue weighted by molar-refractivity contribution is 0.0429. The van der Waals surface area contributed by atoms with Crippen LogP contribution in [0, 0.1) is 19.8 Å². The Bertz CT molecular complexity index is 1230. The van der Waals surface area contributed by atoms with Crippen molar-refractivity contribution in [2.75, 3.05) is 19.0 Å². The van der Waals surface area contributed by atoms with E-state index in [1.54, 1.807) is 26.2 Å². The summed E-state index contributed by atoms with van der Waals surface area (Å²) in [6, 6.07) is 4.65. The molecule has 1 saturated carbocycles. The number of anilines is 2. The van der Waals surface area contributed by atoms with Crippen LogP contribution in [0.4, 0.5) is 11.5 Å². The van der Waals surface area contributed by atoms with Crippen LogP contribution in [0.15, 0.2) is 41.6 Å². The molecule has 1 aliphatic rings. The quantitative estimate of drug-likeness (QED) is 0.495. The molecule has 0 aliphatic heterocycles. The Morgan fingerprint density at radius 1 is 1.27 bits per heavy atom. The highest BCUT2D eigenvalue weighted by Crippen LogP contribution is 2.40. The van der Waals surface area contributed by atoms with Gasteiger partial charge in [-0.3, -0.25) is 9.78 Å². The summed E-state index contributed by atoms with van der Waals surface area (Å²) in [5.41, 5.74) is 2.13. The molecular formula is C23H24ClN5O4. The highest BCUT2D eigenvalue weighted by molar-refractivity contribution is 6.29. The molecular weight excluding hydrogens is 446 g/mol. The number of rotatable bonds is 8. The van der Waals surface area contributed by atoms with Crippen LogP contribution in [0.1, 0.15) is 40.5 Å². The maximum atomic E-state index is 13.3. The molecule has 0 radical (unpaired) electrons. The Morgan fingerprint density at radius 3 is 2.67 bits per heavy atom. The maximum Gasteiger partial charge on any atom is 0.338 e. The largest absolute Gasteiger partial charge is 0.481 e. The van der Waals surface area contributed by atoms with E-state index < -0.39 is 5.97 Å². The lowest BCUT2D eigenvalue weighted by Gasteiger charge is -2.21. The van der Waals surface area contributed by atoms with Crippen molar-refractivity contribution in [2.24, 2.45) is 5.92 Å². The number of pyridine rings is 2. The summed E-state index contributed by atoms with van der Waals surface area (Å²) >= 11 is 6.27. The summed E-state index contributed by atoms with van der Waals surface area (Å²) in [5, 5.41) is 3.21. The van der Waals surface area contributed by atoms with E-state index in [-0.39, 0.29) is 35.1 Å². The van der Waals surface area contributed by atoms with Gasteiger partial charge in [-0.15, -0.1) is 0 Å². The van der Waals surface area contributed by atoms with Crippen LogP contribution in [0.5, 0.6) is 5.88 Å². The Kier molecular flexibility index (Phi) is 6.60. The molecule has 4 rings (SSSR count). The molecule has 1 fully saturated rings. The molecule has 3 heterocycles. The van der Waals surface area contributed by atoms with E-state index in [1.807, 2.05) is 13.0 Å². The van der Waals surface area contributed by atoms with Gasteiger partial charge in [-0.05, 0) is 50.8 Å². The summed E-state index contributed by atoms with van der Waals surface area (Å²) in [6.07, 6.45) is 6.42. The molecule has 1 aliphatic carbocycles. The van der Waals surface area contributed by atoms with Gasteiger partial charge >= 0.3 is 5.97 Å². The molecule has 0 aromatic carbocycles. The Labute approximate surface area is 195 Å². The van der Waals surface area contributed by atoms with E-state index in [0.29, 0.717) is 22.8 Å². The first-order chi connectivity index (χ1) is 15.9. The zero-order valence-corrected chi connectivity index (χ0v) is 19.3. The number of aryl methyl sites for hydroxylation is 2. The van der Waals surface area contributed by atoms with Crippen molar-refractivity contribution < 1.29 is 14.3 Å². The van der Waals surface area contributed by atoms with Crippen molar-refractivity contribution in [1.82, 2.24) is 19.5 Å². The van der Waals surface area contributed by atoms with Crippen molar-refractivity contribution in [2.45, 2.75) is 32.7 Å². The molecule has 0 saturated heterocycles. The number of hydrogen-bond acceptors (Lipinski definition) is 8. The van der Waals surface area contributed by atoms with Gasteiger partial charge in [0.2, 0.25) is 5.88 Å². The number of aromatic nitrogens is 4. The molecule has 3 aromatic heterocycles. The number of methoxy groups -OCH3 is 1. The van der Waals surface area contributed by atoms with Crippen LogP contribution in [0.25, 0.3) is 0 Å². The second-order valence-electron chi connectivity index (χ2n) is 7.94. The average molecular weight is 470 g/mol. The van der Waals surface area contributed by atoms with E-state index in [2.05, 4.69) is 20.3 Å². The van der Waals surface area contributed by atoms with Crippen LogP contribution in [0.3, 0.4) is 0 Å². The van der Waals surface area contributed by atoms with Crippen LogP contribution >= 0.6 is 11.6 Å². The molecule has 0 amide bonds. The number of carbonyl (C=O) groups excluding carboxylic acids is 1. The van der Waals surface area contributed by atoms with Gasteiger partial charge in [0.15, 0.2) is 5.82 Å². The average Bonchev–Trinajstić information content (AvgIpc) is 3.64. The van der Waals surface area contributed by atoms with Crippen LogP contribution in [0.2, 0.25) is 5.15 Å². The summed E-state index contributed by atoms with van der Waals surface area (Å²) in [7, 11) is 1.55. The van der Waals surface area contributed by atoms with Crippen molar-refractivity contribution in [3.05, 3.63) is 69.1 Å². The van der Waals surface area contributed by atoms with Crippen LogP contribution < -0.4 is 15.6 Å². The van der Waals surface area contributed by atoms with Crippen molar-refractivity contribution >= 4 is 29.1 Å².